The largest absolute Gasteiger partial charge is 0.399 e. The molecule has 1 aliphatic rings. The molecule has 0 atom stereocenters. The lowest BCUT2D eigenvalue weighted by molar-refractivity contribution is 0.325. The van der Waals surface area contributed by atoms with E-state index in [-0.39, 0.29) is 0 Å². The quantitative estimate of drug-likeness (QED) is 0.726. The molecule has 0 saturated heterocycles. The molecular formula is C13H20N2. The minimum atomic E-state index is 0.439. The normalized spacial score (nSPS) is 26.5. The SMILES string of the molecule is Nc1ccccc1CC1CCC(N)CC1. The third kappa shape index (κ3) is 2.72. The van der Waals surface area contributed by atoms with E-state index in [4.69, 9.17) is 11.5 Å². The Hall–Kier alpha value is -1.02. The Kier molecular flexibility index (Phi) is 3.27. The molecule has 2 rings (SSSR count). The number of benzene rings is 1. The fourth-order valence-electron chi connectivity index (χ4n) is 2.42. The molecule has 1 aromatic carbocycles. The number of hydrogen-bond acceptors (Lipinski definition) is 2. The van der Waals surface area contributed by atoms with E-state index in [0.29, 0.717) is 6.04 Å². The van der Waals surface area contributed by atoms with Crippen LogP contribution >= 0.6 is 0 Å². The molecule has 0 bridgehead atoms. The number of hydrogen-bond donors (Lipinski definition) is 2. The Morgan fingerprint density at radius 1 is 1.07 bits per heavy atom. The fraction of sp³-hybridized carbons (Fsp3) is 0.538. The topological polar surface area (TPSA) is 52.0 Å². The Balaban J connectivity index is 1.95. The fourth-order valence-corrected chi connectivity index (χ4v) is 2.42. The van der Waals surface area contributed by atoms with Gasteiger partial charge in [-0.15, -0.1) is 0 Å². The Bertz CT molecular complexity index is 314. The summed E-state index contributed by atoms with van der Waals surface area (Å²) in [6.07, 6.45) is 6.00. The summed E-state index contributed by atoms with van der Waals surface area (Å²) in [5, 5.41) is 0. The van der Waals surface area contributed by atoms with Crippen LogP contribution in [0.25, 0.3) is 0 Å². The average Bonchev–Trinajstić information content (AvgIpc) is 2.25. The van der Waals surface area contributed by atoms with Crippen LogP contribution in [-0.2, 0) is 6.42 Å². The highest BCUT2D eigenvalue weighted by Gasteiger charge is 2.19. The van der Waals surface area contributed by atoms with Gasteiger partial charge in [-0.05, 0) is 49.7 Å². The van der Waals surface area contributed by atoms with Crippen molar-refractivity contribution in [1.29, 1.82) is 0 Å². The number of nitrogen functional groups attached to an aromatic ring is 1. The molecule has 2 heteroatoms. The van der Waals surface area contributed by atoms with E-state index in [2.05, 4.69) is 12.1 Å². The summed E-state index contributed by atoms with van der Waals surface area (Å²) < 4.78 is 0. The van der Waals surface area contributed by atoms with Gasteiger partial charge in [0, 0.05) is 11.7 Å². The first kappa shape index (κ1) is 10.5. The lowest BCUT2D eigenvalue weighted by Gasteiger charge is -2.26. The highest BCUT2D eigenvalue weighted by atomic mass is 14.6. The zero-order valence-corrected chi connectivity index (χ0v) is 9.15. The molecule has 0 amide bonds. The summed E-state index contributed by atoms with van der Waals surface area (Å²) in [4.78, 5) is 0. The standard InChI is InChI=1S/C13H20N2/c14-12-7-5-10(6-8-12)9-11-3-1-2-4-13(11)15/h1-4,10,12H,5-9,14-15H2. The number of nitrogens with two attached hydrogens (primary N) is 2. The first-order valence-electron chi connectivity index (χ1n) is 5.84. The van der Waals surface area contributed by atoms with E-state index in [9.17, 15) is 0 Å². The maximum absolute atomic E-state index is 5.94. The highest BCUT2D eigenvalue weighted by molar-refractivity contribution is 5.46. The van der Waals surface area contributed by atoms with Crippen LogP contribution in [0.4, 0.5) is 5.69 Å². The summed E-state index contributed by atoms with van der Waals surface area (Å²) in [6.45, 7) is 0. The number of rotatable bonds is 2. The lowest BCUT2D eigenvalue weighted by Crippen LogP contribution is -2.27. The van der Waals surface area contributed by atoms with Gasteiger partial charge in [0.25, 0.3) is 0 Å². The summed E-state index contributed by atoms with van der Waals surface area (Å²) >= 11 is 0. The first-order chi connectivity index (χ1) is 7.25. The average molecular weight is 204 g/mol. The smallest absolute Gasteiger partial charge is 0.0346 e. The molecule has 0 aromatic heterocycles. The molecule has 15 heavy (non-hydrogen) atoms. The van der Waals surface area contributed by atoms with Crippen LogP contribution in [0.15, 0.2) is 24.3 Å². The number of anilines is 1. The first-order valence-corrected chi connectivity index (χ1v) is 5.84. The van der Waals surface area contributed by atoms with Gasteiger partial charge in [-0.3, -0.25) is 0 Å². The monoisotopic (exact) mass is 204 g/mol. The molecule has 0 radical (unpaired) electrons. The zero-order chi connectivity index (χ0) is 10.7. The van der Waals surface area contributed by atoms with Crippen LogP contribution in [-0.4, -0.2) is 6.04 Å². The van der Waals surface area contributed by atoms with Crippen LogP contribution in [0.2, 0.25) is 0 Å². The molecule has 1 aliphatic carbocycles. The number of para-hydroxylation sites is 1. The van der Waals surface area contributed by atoms with E-state index in [0.717, 1.165) is 18.0 Å². The van der Waals surface area contributed by atoms with Crippen LogP contribution < -0.4 is 11.5 Å². The Morgan fingerprint density at radius 3 is 2.40 bits per heavy atom. The molecule has 1 saturated carbocycles. The second-order valence-corrected chi connectivity index (χ2v) is 4.68. The van der Waals surface area contributed by atoms with E-state index in [1.54, 1.807) is 0 Å². The van der Waals surface area contributed by atoms with Gasteiger partial charge in [-0.2, -0.15) is 0 Å². The van der Waals surface area contributed by atoms with Crippen molar-refractivity contribution in [3.63, 3.8) is 0 Å². The van der Waals surface area contributed by atoms with Crippen molar-refractivity contribution in [2.75, 3.05) is 5.73 Å². The van der Waals surface area contributed by atoms with Crippen molar-refractivity contribution in [2.24, 2.45) is 11.7 Å². The van der Waals surface area contributed by atoms with Gasteiger partial charge in [0.05, 0.1) is 0 Å². The molecule has 0 unspecified atom stereocenters. The molecule has 0 heterocycles. The molecule has 2 nitrogen and oxygen atoms in total. The Labute approximate surface area is 91.7 Å². The maximum Gasteiger partial charge on any atom is 0.0346 e. The van der Waals surface area contributed by atoms with Crippen molar-refractivity contribution in [3.05, 3.63) is 29.8 Å². The second kappa shape index (κ2) is 4.67. The van der Waals surface area contributed by atoms with Crippen molar-refractivity contribution in [3.8, 4) is 0 Å². The van der Waals surface area contributed by atoms with Crippen molar-refractivity contribution in [2.45, 2.75) is 38.1 Å². The van der Waals surface area contributed by atoms with Gasteiger partial charge >= 0.3 is 0 Å². The highest BCUT2D eigenvalue weighted by Crippen LogP contribution is 2.27. The molecule has 1 aromatic rings. The third-order valence-corrected chi connectivity index (χ3v) is 3.46. The Morgan fingerprint density at radius 2 is 1.73 bits per heavy atom. The van der Waals surface area contributed by atoms with Gasteiger partial charge in [-0.25, -0.2) is 0 Å². The van der Waals surface area contributed by atoms with Crippen LogP contribution in [0.5, 0.6) is 0 Å². The lowest BCUT2D eigenvalue weighted by atomic mass is 9.82. The predicted octanol–water partition coefficient (Wildman–Crippen LogP) is 2.33. The van der Waals surface area contributed by atoms with Crippen molar-refractivity contribution < 1.29 is 0 Å². The molecule has 0 aliphatic heterocycles. The van der Waals surface area contributed by atoms with Gasteiger partial charge in [0.1, 0.15) is 0 Å². The zero-order valence-electron chi connectivity index (χ0n) is 9.15. The van der Waals surface area contributed by atoms with Gasteiger partial charge < -0.3 is 11.5 Å². The summed E-state index contributed by atoms with van der Waals surface area (Å²) in [5.74, 6) is 0.787. The van der Waals surface area contributed by atoms with Crippen LogP contribution in [0.3, 0.4) is 0 Å². The second-order valence-electron chi connectivity index (χ2n) is 4.68. The van der Waals surface area contributed by atoms with Gasteiger partial charge in [0.15, 0.2) is 0 Å². The minimum absolute atomic E-state index is 0.439. The molecule has 4 N–H and O–H groups in total. The van der Waals surface area contributed by atoms with E-state index >= 15 is 0 Å². The maximum atomic E-state index is 5.94. The van der Waals surface area contributed by atoms with Crippen molar-refractivity contribution in [1.82, 2.24) is 0 Å². The molecule has 0 spiro atoms. The van der Waals surface area contributed by atoms with E-state index < -0.39 is 0 Å². The predicted molar refractivity (Wildman–Crippen MR) is 64.5 cm³/mol. The molecule has 82 valence electrons. The summed E-state index contributed by atoms with van der Waals surface area (Å²) in [5.41, 5.74) is 14.1. The summed E-state index contributed by atoms with van der Waals surface area (Å²) in [7, 11) is 0. The van der Waals surface area contributed by atoms with Crippen LogP contribution in [0, 0.1) is 5.92 Å². The summed E-state index contributed by atoms with van der Waals surface area (Å²) in [6, 6.07) is 8.64. The van der Waals surface area contributed by atoms with Crippen LogP contribution in [0.1, 0.15) is 31.2 Å². The minimum Gasteiger partial charge on any atom is -0.399 e. The van der Waals surface area contributed by atoms with Crippen molar-refractivity contribution >= 4 is 5.69 Å². The van der Waals surface area contributed by atoms with Gasteiger partial charge in [-0.1, -0.05) is 18.2 Å². The van der Waals surface area contributed by atoms with E-state index in [1.807, 2.05) is 12.1 Å². The van der Waals surface area contributed by atoms with E-state index in [1.165, 1.54) is 31.2 Å². The third-order valence-electron chi connectivity index (χ3n) is 3.46. The molecule has 1 fully saturated rings. The van der Waals surface area contributed by atoms with Gasteiger partial charge in [0.2, 0.25) is 0 Å². The molecular weight excluding hydrogens is 184 g/mol.